The Morgan fingerprint density at radius 3 is 3.07 bits per heavy atom. The number of nitrogens with zero attached hydrogens (tertiary/aromatic N) is 4. The molecule has 3 aromatic rings. The van der Waals surface area contributed by atoms with Gasteiger partial charge in [0, 0.05) is 32.5 Å². The molecule has 0 saturated carbocycles. The van der Waals surface area contributed by atoms with E-state index < -0.39 is 0 Å². The highest BCUT2D eigenvalue weighted by molar-refractivity contribution is 7.18. The summed E-state index contributed by atoms with van der Waals surface area (Å²) in [5, 5.41) is 12.8. The molecule has 2 aromatic heterocycles. The van der Waals surface area contributed by atoms with Crippen LogP contribution in [0.2, 0.25) is 0 Å². The molecule has 0 fully saturated rings. The maximum atomic E-state index is 12.4. The van der Waals surface area contributed by atoms with Crippen LogP contribution in [0, 0.1) is 0 Å². The number of aromatic nitrogens is 4. The lowest BCUT2D eigenvalue weighted by atomic mass is 10.1. The van der Waals surface area contributed by atoms with E-state index in [-0.39, 0.29) is 11.9 Å². The number of benzene rings is 1. The first-order valence-corrected chi connectivity index (χ1v) is 10.6. The Hall–Kier alpha value is -2.32. The van der Waals surface area contributed by atoms with Crippen molar-refractivity contribution in [3.05, 3.63) is 40.9 Å². The number of carbonyl (C=O) groups excluding carboxylic acids is 1. The van der Waals surface area contributed by atoms with Crippen molar-refractivity contribution < 1.29 is 9.53 Å². The summed E-state index contributed by atoms with van der Waals surface area (Å²) in [4.78, 5) is 17.0. The van der Waals surface area contributed by atoms with Crippen molar-refractivity contribution in [3.8, 4) is 0 Å². The predicted octanol–water partition coefficient (Wildman–Crippen LogP) is 2.88. The molecule has 148 valence electrons. The number of aryl methyl sites for hydroxylation is 2. The summed E-state index contributed by atoms with van der Waals surface area (Å²) in [6.07, 6.45) is 4.82. The highest BCUT2D eigenvalue weighted by Crippen LogP contribution is 2.23. The SMILES string of the molecule is COCc1nnc2n1CCC(NC(=O)CCCc1nc3ccccc3s1)CC2. The van der Waals surface area contributed by atoms with Crippen LogP contribution in [0.4, 0.5) is 0 Å². The Labute approximate surface area is 168 Å². The van der Waals surface area contributed by atoms with Gasteiger partial charge in [0.25, 0.3) is 0 Å². The average Bonchev–Trinajstić information content (AvgIpc) is 3.22. The van der Waals surface area contributed by atoms with Crippen LogP contribution in [0.25, 0.3) is 10.2 Å². The van der Waals surface area contributed by atoms with E-state index in [2.05, 4.69) is 31.1 Å². The van der Waals surface area contributed by atoms with Gasteiger partial charge in [0.2, 0.25) is 5.91 Å². The van der Waals surface area contributed by atoms with Crippen LogP contribution < -0.4 is 5.32 Å². The van der Waals surface area contributed by atoms with Crippen molar-refractivity contribution in [2.75, 3.05) is 7.11 Å². The summed E-state index contributed by atoms with van der Waals surface area (Å²) in [7, 11) is 1.66. The smallest absolute Gasteiger partial charge is 0.220 e. The van der Waals surface area contributed by atoms with Crippen molar-refractivity contribution in [2.45, 2.75) is 57.7 Å². The molecule has 0 aliphatic carbocycles. The molecule has 1 unspecified atom stereocenters. The zero-order valence-electron chi connectivity index (χ0n) is 16.1. The fraction of sp³-hybridized carbons (Fsp3) is 0.500. The molecule has 1 aliphatic heterocycles. The van der Waals surface area contributed by atoms with Gasteiger partial charge >= 0.3 is 0 Å². The van der Waals surface area contributed by atoms with Crippen molar-refractivity contribution in [1.29, 1.82) is 0 Å². The predicted molar refractivity (Wildman–Crippen MR) is 108 cm³/mol. The van der Waals surface area contributed by atoms with Crippen LogP contribution in [0.15, 0.2) is 24.3 Å². The van der Waals surface area contributed by atoms with E-state index in [4.69, 9.17) is 4.74 Å². The molecule has 1 aliphatic rings. The number of methoxy groups -OCH3 is 1. The number of rotatable bonds is 7. The molecule has 1 amide bonds. The minimum absolute atomic E-state index is 0.126. The Balaban J connectivity index is 1.24. The fourth-order valence-corrected chi connectivity index (χ4v) is 4.66. The zero-order chi connectivity index (χ0) is 19.3. The number of hydrogen-bond donors (Lipinski definition) is 1. The highest BCUT2D eigenvalue weighted by atomic mass is 32.1. The van der Waals surface area contributed by atoms with Gasteiger partial charge in [-0.2, -0.15) is 0 Å². The molecule has 1 N–H and O–H groups in total. The van der Waals surface area contributed by atoms with Crippen LogP contribution in [0.3, 0.4) is 0 Å². The molecule has 0 saturated heterocycles. The molecule has 7 nitrogen and oxygen atoms in total. The van der Waals surface area contributed by atoms with Gasteiger partial charge in [-0.05, 0) is 37.8 Å². The van der Waals surface area contributed by atoms with E-state index in [0.29, 0.717) is 13.0 Å². The van der Waals surface area contributed by atoms with Crippen molar-refractivity contribution in [3.63, 3.8) is 0 Å². The van der Waals surface area contributed by atoms with Crippen LogP contribution in [-0.4, -0.2) is 38.8 Å². The molecule has 3 heterocycles. The first-order valence-electron chi connectivity index (χ1n) is 9.76. The second kappa shape index (κ2) is 8.79. The number of ether oxygens (including phenoxy) is 1. The molecule has 0 spiro atoms. The van der Waals surface area contributed by atoms with E-state index in [1.807, 2.05) is 18.2 Å². The molecular formula is C20H25N5O2S. The number of nitrogens with one attached hydrogen (secondary N) is 1. The second-order valence-electron chi connectivity index (χ2n) is 7.14. The Bertz CT molecular complexity index is 918. The highest BCUT2D eigenvalue weighted by Gasteiger charge is 2.21. The third-order valence-electron chi connectivity index (χ3n) is 5.09. The minimum atomic E-state index is 0.126. The van der Waals surface area contributed by atoms with Gasteiger partial charge in [-0.3, -0.25) is 4.79 Å². The second-order valence-corrected chi connectivity index (χ2v) is 8.25. The van der Waals surface area contributed by atoms with E-state index in [9.17, 15) is 4.79 Å². The lowest BCUT2D eigenvalue weighted by molar-refractivity contribution is -0.122. The third kappa shape index (κ3) is 4.39. The molecule has 0 bridgehead atoms. The first-order chi connectivity index (χ1) is 13.7. The first kappa shape index (κ1) is 19.0. The number of para-hydroxylation sites is 1. The zero-order valence-corrected chi connectivity index (χ0v) is 16.9. The lowest BCUT2D eigenvalue weighted by Gasteiger charge is -2.16. The van der Waals surface area contributed by atoms with Gasteiger partial charge in [0.1, 0.15) is 12.4 Å². The van der Waals surface area contributed by atoms with Crippen molar-refractivity contribution in [2.24, 2.45) is 0 Å². The third-order valence-corrected chi connectivity index (χ3v) is 6.19. The summed E-state index contributed by atoms with van der Waals surface area (Å²) in [5.74, 6) is 1.97. The summed E-state index contributed by atoms with van der Waals surface area (Å²) in [5.41, 5.74) is 1.05. The number of fused-ring (bicyclic) bond motifs is 2. The van der Waals surface area contributed by atoms with E-state index in [1.54, 1.807) is 18.4 Å². The van der Waals surface area contributed by atoms with Gasteiger partial charge in [0.05, 0.1) is 15.2 Å². The molecule has 1 atom stereocenters. The summed E-state index contributed by atoms with van der Waals surface area (Å²) in [6, 6.07) is 8.35. The van der Waals surface area contributed by atoms with Gasteiger partial charge < -0.3 is 14.6 Å². The minimum Gasteiger partial charge on any atom is -0.377 e. The van der Waals surface area contributed by atoms with Crippen LogP contribution in [0.5, 0.6) is 0 Å². The molecule has 8 heteroatoms. The van der Waals surface area contributed by atoms with Crippen molar-refractivity contribution in [1.82, 2.24) is 25.1 Å². The monoisotopic (exact) mass is 399 g/mol. The topological polar surface area (TPSA) is 81.9 Å². The lowest BCUT2D eigenvalue weighted by Crippen LogP contribution is -2.35. The Morgan fingerprint density at radius 2 is 2.21 bits per heavy atom. The standard InChI is InChI=1S/C20H25N5O2S/c1-27-13-18-24-23-17-10-9-14(11-12-25(17)18)21-19(26)7-4-8-20-22-15-5-2-3-6-16(15)28-20/h2-3,5-6,14H,4,7-13H2,1H3,(H,21,26). The van der Waals surface area contributed by atoms with Gasteiger partial charge in [0.15, 0.2) is 5.82 Å². The average molecular weight is 400 g/mol. The largest absolute Gasteiger partial charge is 0.377 e. The maximum Gasteiger partial charge on any atom is 0.220 e. The van der Waals surface area contributed by atoms with Crippen LogP contribution in [0.1, 0.15) is 42.3 Å². The summed E-state index contributed by atoms with van der Waals surface area (Å²) in [6.45, 7) is 1.29. The van der Waals surface area contributed by atoms with E-state index in [1.165, 1.54) is 4.70 Å². The maximum absolute atomic E-state index is 12.4. The Morgan fingerprint density at radius 1 is 1.32 bits per heavy atom. The molecular weight excluding hydrogens is 374 g/mol. The Kier molecular flexibility index (Phi) is 5.97. The van der Waals surface area contributed by atoms with E-state index in [0.717, 1.165) is 60.8 Å². The van der Waals surface area contributed by atoms with Crippen LogP contribution in [-0.2, 0) is 35.5 Å². The molecule has 1 aromatic carbocycles. The fourth-order valence-electron chi connectivity index (χ4n) is 3.66. The van der Waals surface area contributed by atoms with Crippen LogP contribution >= 0.6 is 11.3 Å². The summed E-state index contributed by atoms with van der Waals surface area (Å²) < 4.78 is 8.52. The number of thiazole rings is 1. The number of amides is 1. The normalized spacial score (nSPS) is 16.7. The quantitative estimate of drug-likeness (QED) is 0.661. The van der Waals surface area contributed by atoms with Gasteiger partial charge in [-0.1, -0.05) is 12.1 Å². The van der Waals surface area contributed by atoms with E-state index >= 15 is 0 Å². The number of hydrogen-bond acceptors (Lipinski definition) is 6. The van der Waals surface area contributed by atoms with Gasteiger partial charge in [-0.25, -0.2) is 4.98 Å². The van der Waals surface area contributed by atoms with Crippen molar-refractivity contribution >= 4 is 27.5 Å². The van der Waals surface area contributed by atoms with Gasteiger partial charge in [-0.15, -0.1) is 21.5 Å². The summed E-state index contributed by atoms with van der Waals surface area (Å²) >= 11 is 1.72. The molecule has 28 heavy (non-hydrogen) atoms. The molecule has 0 radical (unpaired) electrons. The number of carbonyl (C=O) groups is 1. The molecule has 4 rings (SSSR count).